The zero-order valence-corrected chi connectivity index (χ0v) is 22.6. The predicted molar refractivity (Wildman–Crippen MR) is 151 cm³/mol. The van der Waals surface area contributed by atoms with E-state index in [2.05, 4.69) is 29.3 Å². The standard InChI is InChI=1S/C33H44N2O2/c1-2-3-4-5-6-7-8-9-10-11-12-13-14-15-22-27-30(36)31-32(37)34-35-33(31,28-23-18-16-19-24-28)29-25-20-17-21-26-29/h9-10,16-21,23-26,31H,2-8,11-15,22,27H2,1H3/b10-9-. The Bertz CT molecular complexity index is 958. The molecule has 0 saturated carbocycles. The lowest BCUT2D eigenvalue weighted by molar-refractivity contribution is -0.132. The van der Waals surface area contributed by atoms with Crippen LogP contribution in [0.15, 0.2) is 83.0 Å². The molecule has 0 N–H and O–H groups in total. The molecule has 1 amide bonds. The minimum atomic E-state index is -1.07. The van der Waals surface area contributed by atoms with Crippen molar-refractivity contribution >= 4 is 11.7 Å². The highest BCUT2D eigenvalue weighted by molar-refractivity contribution is 6.05. The number of carbonyl (C=O) groups is 2. The maximum atomic E-state index is 13.4. The summed E-state index contributed by atoms with van der Waals surface area (Å²) < 4.78 is 0. The molecule has 0 fully saturated rings. The molecule has 4 nitrogen and oxygen atoms in total. The largest absolute Gasteiger partial charge is 0.299 e. The van der Waals surface area contributed by atoms with Crippen LogP contribution in [0.1, 0.15) is 108 Å². The van der Waals surface area contributed by atoms with Gasteiger partial charge >= 0.3 is 0 Å². The van der Waals surface area contributed by atoms with Gasteiger partial charge in [0.15, 0.2) is 5.54 Å². The molecule has 1 aliphatic rings. The highest BCUT2D eigenvalue weighted by atomic mass is 16.2. The molecule has 1 aliphatic heterocycles. The number of carbonyl (C=O) groups excluding carboxylic acids is 2. The lowest BCUT2D eigenvalue weighted by atomic mass is 9.71. The van der Waals surface area contributed by atoms with E-state index in [1.807, 2.05) is 60.7 Å². The molecule has 0 saturated heterocycles. The van der Waals surface area contributed by atoms with E-state index >= 15 is 0 Å². The van der Waals surface area contributed by atoms with Gasteiger partial charge in [0.25, 0.3) is 5.91 Å². The third-order valence-corrected chi connectivity index (χ3v) is 7.41. The fourth-order valence-electron chi connectivity index (χ4n) is 5.31. The number of hydrogen-bond donors (Lipinski definition) is 0. The molecule has 1 heterocycles. The summed E-state index contributed by atoms with van der Waals surface area (Å²) >= 11 is 0. The van der Waals surface area contributed by atoms with E-state index in [0.29, 0.717) is 6.42 Å². The fraction of sp³-hybridized carbons (Fsp3) is 0.515. The van der Waals surface area contributed by atoms with E-state index in [0.717, 1.165) is 36.8 Å². The van der Waals surface area contributed by atoms with Gasteiger partial charge in [0.2, 0.25) is 0 Å². The Kier molecular flexibility index (Phi) is 12.5. The normalized spacial score (nSPS) is 16.6. The number of allylic oxidation sites excluding steroid dienone is 2. The summed E-state index contributed by atoms with van der Waals surface area (Å²) in [5, 5.41) is 8.39. The van der Waals surface area contributed by atoms with Crippen LogP contribution in [0.2, 0.25) is 0 Å². The first-order valence-corrected chi connectivity index (χ1v) is 14.5. The minimum Gasteiger partial charge on any atom is -0.299 e. The van der Waals surface area contributed by atoms with Gasteiger partial charge in [-0.1, -0.05) is 131 Å². The van der Waals surface area contributed by atoms with Crippen LogP contribution in [0.5, 0.6) is 0 Å². The van der Waals surface area contributed by atoms with Crippen LogP contribution in [0.25, 0.3) is 0 Å². The van der Waals surface area contributed by atoms with Crippen molar-refractivity contribution < 1.29 is 9.59 Å². The van der Waals surface area contributed by atoms with Gasteiger partial charge in [-0.3, -0.25) is 9.59 Å². The van der Waals surface area contributed by atoms with Gasteiger partial charge in [-0.25, -0.2) is 0 Å². The molecule has 0 aromatic heterocycles. The molecular formula is C33H44N2O2. The SMILES string of the molecule is CCCCCCCC/C=C\CCCCCCCC(=O)C1C(=O)N=NC1(c1ccccc1)c1ccccc1. The van der Waals surface area contributed by atoms with Crippen LogP contribution in [-0.2, 0) is 15.1 Å². The Hall–Kier alpha value is -2.88. The second-order valence-corrected chi connectivity index (χ2v) is 10.3. The number of Topliss-reactive ketones (excluding diaryl/α,β-unsaturated/α-hetero) is 1. The summed E-state index contributed by atoms with van der Waals surface area (Å²) in [5.41, 5.74) is 0.593. The van der Waals surface area contributed by atoms with Crippen LogP contribution in [0, 0.1) is 5.92 Å². The smallest absolute Gasteiger partial charge is 0.278 e. The molecule has 4 heteroatoms. The molecule has 2 aromatic carbocycles. The number of amides is 1. The first-order valence-electron chi connectivity index (χ1n) is 14.5. The van der Waals surface area contributed by atoms with Gasteiger partial charge in [-0.15, -0.1) is 5.11 Å². The molecule has 2 aromatic rings. The van der Waals surface area contributed by atoms with Gasteiger partial charge in [-0.05, 0) is 43.2 Å². The predicted octanol–water partition coefficient (Wildman–Crippen LogP) is 9.15. The average Bonchev–Trinajstić information content (AvgIpc) is 3.29. The second-order valence-electron chi connectivity index (χ2n) is 10.3. The molecule has 37 heavy (non-hydrogen) atoms. The van der Waals surface area contributed by atoms with Gasteiger partial charge in [0.05, 0.1) is 0 Å². The number of azo groups is 1. The molecule has 198 valence electrons. The molecule has 1 unspecified atom stereocenters. The van der Waals surface area contributed by atoms with Crippen LogP contribution < -0.4 is 0 Å². The summed E-state index contributed by atoms with van der Waals surface area (Å²) in [5.74, 6) is -1.38. The van der Waals surface area contributed by atoms with Gasteiger partial charge in [0, 0.05) is 6.42 Å². The maximum Gasteiger partial charge on any atom is 0.278 e. The first kappa shape index (κ1) is 28.7. The second kappa shape index (κ2) is 16.1. The summed E-state index contributed by atoms with van der Waals surface area (Å²) in [7, 11) is 0. The molecule has 0 aliphatic carbocycles. The highest BCUT2D eigenvalue weighted by Gasteiger charge is 2.53. The monoisotopic (exact) mass is 500 g/mol. The Morgan fingerprint density at radius 2 is 1.22 bits per heavy atom. The van der Waals surface area contributed by atoms with Crippen LogP contribution >= 0.6 is 0 Å². The van der Waals surface area contributed by atoms with E-state index in [1.165, 1.54) is 57.8 Å². The van der Waals surface area contributed by atoms with Crippen molar-refractivity contribution in [2.24, 2.45) is 16.1 Å². The van der Waals surface area contributed by atoms with Crippen molar-refractivity contribution in [1.82, 2.24) is 0 Å². The zero-order chi connectivity index (χ0) is 26.2. The Morgan fingerprint density at radius 3 is 1.76 bits per heavy atom. The topological polar surface area (TPSA) is 58.9 Å². The summed E-state index contributed by atoms with van der Waals surface area (Å²) in [4.78, 5) is 26.3. The molecule has 0 radical (unpaired) electrons. The van der Waals surface area contributed by atoms with E-state index < -0.39 is 17.4 Å². The summed E-state index contributed by atoms with van der Waals surface area (Å²) in [6, 6.07) is 19.3. The fourth-order valence-corrected chi connectivity index (χ4v) is 5.31. The van der Waals surface area contributed by atoms with E-state index in [-0.39, 0.29) is 5.78 Å². The van der Waals surface area contributed by atoms with Crippen LogP contribution in [-0.4, -0.2) is 11.7 Å². The summed E-state index contributed by atoms with van der Waals surface area (Å²) in [6.45, 7) is 2.26. The van der Waals surface area contributed by atoms with Crippen molar-refractivity contribution in [3.8, 4) is 0 Å². The van der Waals surface area contributed by atoms with E-state index in [9.17, 15) is 9.59 Å². The van der Waals surface area contributed by atoms with Crippen LogP contribution in [0.3, 0.4) is 0 Å². The quantitative estimate of drug-likeness (QED) is 0.116. The third kappa shape index (κ3) is 8.31. The molecule has 3 rings (SSSR count). The van der Waals surface area contributed by atoms with Crippen molar-refractivity contribution in [3.05, 3.63) is 83.9 Å². The maximum absolute atomic E-state index is 13.4. The molecule has 1 atom stereocenters. The average molecular weight is 501 g/mol. The number of ketones is 1. The minimum absolute atomic E-state index is 0.0552. The number of unbranched alkanes of at least 4 members (excludes halogenated alkanes) is 11. The van der Waals surface area contributed by atoms with Crippen molar-refractivity contribution in [2.75, 3.05) is 0 Å². The third-order valence-electron chi connectivity index (χ3n) is 7.41. The van der Waals surface area contributed by atoms with Crippen molar-refractivity contribution in [2.45, 2.75) is 102 Å². The molecule has 0 bridgehead atoms. The number of nitrogens with zero attached hydrogens (tertiary/aromatic N) is 2. The van der Waals surface area contributed by atoms with Gasteiger partial charge < -0.3 is 0 Å². The first-order chi connectivity index (χ1) is 18.2. The van der Waals surface area contributed by atoms with Crippen molar-refractivity contribution in [3.63, 3.8) is 0 Å². The van der Waals surface area contributed by atoms with E-state index in [4.69, 9.17) is 0 Å². The molecule has 0 spiro atoms. The number of hydrogen-bond acceptors (Lipinski definition) is 3. The zero-order valence-electron chi connectivity index (χ0n) is 22.6. The lowest BCUT2D eigenvalue weighted by Gasteiger charge is -2.30. The van der Waals surface area contributed by atoms with Crippen molar-refractivity contribution in [1.29, 1.82) is 0 Å². The Morgan fingerprint density at radius 1 is 0.730 bits per heavy atom. The highest BCUT2D eigenvalue weighted by Crippen LogP contribution is 2.46. The lowest BCUT2D eigenvalue weighted by Crippen LogP contribution is -2.40. The van der Waals surface area contributed by atoms with E-state index in [1.54, 1.807) is 0 Å². The number of rotatable bonds is 18. The Balaban J connectivity index is 1.41. The molecular weight excluding hydrogens is 456 g/mol. The van der Waals surface area contributed by atoms with Crippen LogP contribution in [0.4, 0.5) is 0 Å². The number of benzene rings is 2. The summed E-state index contributed by atoms with van der Waals surface area (Å²) in [6.07, 6.45) is 20.8. The van der Waals surface area contributed by atoms with Gasteiger partial charge in [0.1, 0.15) is 11.7 Å². The Labute approximate surface area is 223 Å². The van der Waals surface area contributed by atoms with Gasteiger partial charge in [-0.2, -0.15) is 5.11 Å².